The number of carbonyl (C=O) groups is 2. The van der Waals surface area contributed by atoms with Crippen LogP contribution in [0.1, 0.15) is 187 Å². The Labute approximate surface area is 353 Å². The average Bonchev–Trinajstić information content (AvgIpc) is 3.20. The highest BCUT2D eigenvalue weighted by Gasteiger charge is 2.27. The third-order valence-electron chi connectivity index (χ3n) is 9.56. The third-order valence-corrected chi connectivity index (χ3v) is 10.5. The van der Waals surface area contributed by atoms with E-state index in [1.807, 2.05) is 0 Å². The molecular weight excluding hydrogens is 753 g/mol. The minimum Gasteiger partial charge on any atom is -0.480 e. The van der Waals surface area contributed by atoms with Crippen LogP contribution in [0.3, 0.4) is 0 Å². The fourth-order valence-electron chi connectivity index (χ4n) is 6.04. The molecule has 0 bridgehead atoms. The molecular formula is C47H84NO9P. The van der Waals surface area contributed by atoms with Crippen LogP contribution >= 0.6 is 7.82 Å². The molecule has 0 aromatic carbocycles. The first-order valence-electron chi connectivity index (χ1n) is 22.8. The van der Waals surface area contributed by atoms with Crippen molar-refractivity contribution in [2.45, 2.75) is 199 Å². The molecule has 0 aliphatic rings. The van der Waals surface area contributed by atoms with Gasteiger partial charge in [0.05, 0.1) is 19.8 Å². The Bertz CT molecular complexity index is 1150. The molecule has 336 valence electrons. The van der Waals surface area contributed by atoms with Crippen molar-refractivity contribution < 1.29 is 42.7 Å². The molecule has 3 unspecified atom stereocenters. The highest BCUT2D eigenvalue weighted by Crippen LogP contribution is 2.43. The first-order valence-corrected chi connectivity index (χ1v) is 24.3. The number of phosphoric acid groups is 1. The Balaban J connectivity index is 4.27. The summed E-state index contributed by atoms with van der Waals surface area (Å²) in [5.41, 5.74) is 5.36. The fourth-order valence-corrected chi connectivity index (χ4v) is 6.82. The van der Waals surface area contributed by atoms with Gasteiger partial charge in [0.2, 0.25) is 0 Å². The van der Waals surface area contributed by atoms with Crippen LogP contribution < -0.4 is 5.73 Å². The molecule has 0 fully saturated rings. The molecule has 0 amide bonds. The summed E-state index contributed by atoms with van der Waals surface area (Å²) in [5.74, 6) is -1.79. The summed E-state index contributed by atoms with van der Waals surface area (Å²) in [6.07, 6.45) is 51.3. The Kier molecular flexibility index (Phi) is 41.1. The molecule has 0 radical (unpaired) electrons. The molecule has 11 heteroatoms. The second-order valence-electron chi connectivity index (χ2n) is 15.2. The van der Waals surface area contributed by atoms with E-state index in [2.05, 4.69) is 74.6 Å². The highest BCUT2D eigenvalue weighted by atomic mass is 31.2. The largest absolute Gasteiger partial charge is 0.480 e. The van der Waals surface area contributed by atoms with Gasteiger partial charge in [-0.3, -0.25) is 18.6 Å². The van der Waals surface area contributed by atoms with Gasteiger partial charge in [0.1, 0.15) is 12.1 Å². The van der Waals surface area contributed by atoms with Crippen molar-refractivity contribution in [3.05, 3.63) is 60.8 Å². The monoisotopic (exact) mass is 838 g/mol. The van der Waals surface area contributed by atoms with E-state index in [4.69, 9.17) is 29.4 Å². The first kappa shape index (κ1) is 55.7. The van der Waals surface area contributed by atoms with Crippen LogP contribution in [0.2, 0.25) is 0 Å². The molecule has 0 aromatic heterocycles. The summed E-state index contributed by atoms with van der Waals surface area (Å²) < 4.78 is 33.4. The number of unbranched alkanes of at least 4 members (excludes halogenated alkanes) is 19. The minimum atomic E-state index is -4.63. The number of ether oxygens (including phenoxy) is 2. The van der Waals surface area contributed by atoms with E-state index < -0.39 is 45.1 Å². The predicted molar refractivity (Wildman–Crippen MR) is 240 cm³/mol. The third kappa shape index (κ3) is 41.8. The number of rotatable bonds is 43. The van der Waals surface area contributed by atoms with Crippen molar-refractivity contribution in [3.8, 4) is 0 Å². The van der Waals surface area contributed by atoms with E-state index >= 15 is 0 Å². The number of hydrogen-bond donors (Lipinski definition) is 3. The summed E-state index contributed by atoms with van der Waals surface area (Å²) in [6, 6.07) is -1.48. The van der Waals surface area contributed by atoms with Crippen LogP contribution in [0.4, 0.5) is 0 Å². The van der Waals surface area contributed by atoms with Crippen LogP contribution in [0.5, 0.6) is 0 Å². The van der Waals surface area contributed by atoms with Gasteiger partial charge in [0, 0.05) is 13.0 Å². The first-order chi connectivity index (χ1) is 28.2. The van der Waals surface area contributed by atoms with Crippen molar-refractivity contribution in [2.75, 3.05) is 26.4 Å². The molecule has 3 atom stereocenters. The molecule has 0 aromatic rings. The van der Waals surface area contributed by atoms with Crippen LogP contribution in [0, 0.1) is 0 Å². The van der Waals surface area contributed by atoms with Crippen LogP contribution in [-0.2, 0) is 32.7 Å². The maximum Gasteiger partial charge on any atom is 0.472 e. The van der Waals surface area contributed by atoms with Gasteiger partial charge in [0.15, 0.2) is 0 Å². The Morgan fingerprint density at radius 3 is 1.50 bits per heavy atom. The van der Waals surface area contributed by atoms with E-state index in [0.717, 1.165) is 83.5 Å². The molecule has 0 aliphatic carbocycles. The van der Waals surface area contributed by atoms with Gasteiger partial charge >= 0.3 is 19.8 Å². The van der Waals surface area contributed by atoms with Gasteiger partial charge in [-0.15, -0.1) is 0 Å². The number of nitrogens with two attached hydrogens (primary N) is 1. The van der Waals surface area contributed by atoms with Crippen LogP contribution in [0.25, 0.3) is 0 Å². The number of carboxylic acids is 1. The Morgan fingerprint density at radius 1 is 0.569 bits per heavy atom. The smallest absolute Gasteiger partial charge is 0.472 e. The number of esters is 1. The molecule has 0 heterocycles. The normalized spacial score (nSPS) is 14.4. The minimum absolute atomic E-state index is 0.000621. The molecule has 0 aliphatic heterocycles. The van der Waals surface area contributed by atoms with Crippen LogP contribution in [-0.4, -0.2) is 60.5 Å². The topological polar surface area (TPSA) is 155 Å². The van der Waals surface area contributed by atoms with E-state index in [9.17, 15) is 19.0 Å². The number of hydrogen-bond acceptors (Lipinski definition) is 8. The Hall–Kier alpha value is -2.33. The molecule has 4 N–H and O–H groups in total. The van der Waals surface area contributed by atoms with E-state index in [0.29, 0.717) is 13.0 Å². The van der Waals surface area contributed by atoms with E-state index in [1.165, 1.54) is 77.0 Å². The maximum atomic E-state index is 12.6. The Morgan fingerprint density at radius 2 is 1.00 bits per heavy atom. The summed E-state index contributed by atoms with van der Waals surface area (Å²) in [4.78, 5) is 33.6. The molecule has 58 heavy (non-hydrogen) atoms. The van der Waals surface area contributed by atoms with Crippen molar-refractivity contribution in [3.63, 3.8) is 0 Å². The second-order valence-corrected chi connectivity index (χ2v) is 16.6. The molecule has 0 spiro atoms. The van der Waals surface area contributed by atoms with E-state index in [1.54, 1.807) is 0 Å². The highest BCUT2D eigenvalue weighted by molar-refractivity contribution is 7.47. The SMILES string of the molecule is CC/C=C\C/C=C\C/C=C\C/C=C\C/C=C\CCCCCCOCC(COP(=O)(O)OCC(N)C(=O)O)OC(=O)CCCCCCCCCCCCCCCCCC. The van der Waals surface area contributed by atoms with Crippen molar-refractivity contribution in [1.29, 1.82) is 0 Å². The standard InChI is InChI=1S/C47H84NO9P/c1-3-5-7-9-11-13-15-17-19-21-22-23-24-26-28-30-32-34-36-38-40-54-41-44(42-55-58(52,53)56-43-45(48)47(50)51)57-46(49)39-37-35-33-31-29-27-25-20-18-16-14-12-10-8-6-4-2/h5,7,11,13,17,19,22-23,26,28,44-45H,3-4,6,8-10,12,14-16,18,20-21,24-25,27,29-43,48H2,1-2H3,(H,50,51)(H,52,53)/b7-5-,13-11-,19-17-,23-22-,28-26-. The lowest BCUT2D eigenvalue weighted by molar-refractivity contribution is -0.154. The number of phosphoric ester groups is 1. The lowest BCUT2D eigenvalue weighted by Gasteiger charge is -2.20. The molecule has 0 saturated heterocycles. The molecule has 0 saturated carbocycles. The van der Waals surface area contributed by atoms with Gasteiger partial charge < -0.3 is 25.2 Å². The van der Waals surface area contributed by atoms with E-state index in [-0.39, 0.29) is 13.0 Å². The average molecular weight is 838 g/mol. The predicted octanol–water partition coefficient (Wildman–Crippen LogP) is 12.8. The quantitative estimate of drug-likeness (QED) is 0.0234. The molecule has 10 nitrogen and oxygen atoms in total. The zero-order valence-electron chi connectivity index (χ0n) is 36.6. The lowest BCUT2D eigenvalue weighted by Crippen LogP contribution is -2.34. The zero-order valence-corrected chi connectivity index (χ0v) is 37.5. The second kappa shape index (κ2) is 42.8. The lowest BCUT2D eigenvalue weighted by atomic mass is 10.0. The fraction of sp³-hybridized carbons (Fsp3) is 0.745. The summed E-state index contributed by atoms with van der Waals surface area (Å²) in [7, 11) is -4.63. The van der Waals surface area contributed by atoms with Crippen LogP contribution in [0.15, 0.2) is 60.8 Å². The number of carboxylic acid groups (broad SMARTS) is 1. The van der Waals surface area contributed by atoms with Crippen molar-refractivity contribution in [1.82, 2.24) is 0 Å². The maximum absolute atomic E-state index is 12.6. The van der Waals surface area contributed by atoms with Gasteiger partial charge in [-0.05, 0) is 57.8 Å². The number of allylic oxidation sites excluding steroid dienone is 10. The van der Waals surface area contributed by atoms with Gasteiger partial charge in [-0.1, -0.05) is 184 Å². The van der Waals surface area contributed by atoms with Gasteiger partial charge in [0.25, 0.3) is 0 Å². The summed E-state index contributed by atoms with van der Waals surface area (Å²) >= 11 is 0. The van der Waals surface area contributed by atoms with Gasteiger partial charge in [-0.25, -0.2) is 4.57 Å². The zero-order chi connectivity index (χ0) is 42.6. The van der Waals surface area contributed by atoms with Crippen molar-refractivity contribution >= 4 is 19.8 Å². The van der Waals surface area contributed by atoms with Gasteiger partial charge in [-0.2, -0.15) is 0 Å². The number of carbonyl (C=O) groups excluding carboxylic acids is 1. The summed E-state index contributed by atoms with van der Waals surface area (Å²) in [5, 5.41) is 8.90. The number of aliphatic carboxylic acids is 1. The van der Waals surface area contributed by atoms with Crippen molar-refractivity contribution in [2.24, 2.45) is 5.73 Å². The molecule has 0 rings (SSSR count). The summed E-state index contributed by atoms with van der Waals surface area (Å²) in [6.45, 7) is 3.72.